The van der Waals surface area contributed by atoms with Crippen LogP contribution in [0.25, 0.3) is 0 Å². The van der Waals surface area contributed by atoms with Gasteiger partial charge in [0.05, 0.1) is 5.71 Å². The number of nitrogens with zero attached hydrogens (tertiary/aromatic N) is 2. The van der Waals surface area contributed by atoms with Crippen LogP contribution < -0.4 is 0 Å². The predicted octanol–water partition coefficient (Wildman–Crippen LogP) is 4.05. The van der Waals surface area contributed by atoms with E-state index in [4.69, 9.17) is 0 Å². The van der Waals surface area contributed by atoms with E-state index in [0.717, 1.165) is 17.4 Å². The van der Waals surface area contributed by atoms with Crippen LogP contribution >= 0.6 is 0 Å². The summed E-state index contributed by atoms with van der Waals surface area (Å²) in [6.45, 7) is 4.07. The molecule has 3 nitrogen and oxygen atoms in total. The summed E-state index contributed by atoms with van der Waals surface area (Å²) in [6.07, 6.45) is 5.21. The fraction of sp³-hybridized carbons (Fsp3) is 0.550. The number of Topliss-reactive ketones (excluding diaryl/α,β-unsaturated/α-hetero) is 1. The highest BCUT2D eigenvalue weighted by molar-refractivity contribution is 6.07. The minimum atomic E-state index is 0.293. The molecule has 1 heterocycles. The van der Waals surface area contributed by atoms with E-state index < -0.39 is 0 Å². The zero-order valence-corrected chi connectivity index (χ0v) is 14.0. The molecule has 1 aromatic rings. The lowest BCUT2D eigenvalue weighted by Crippen LogP contribution is -2.36. The molecule has 0 radical (unpaired) electrons. The van der Waals surface area contributed by atoms with Crippen molar-refractivity contribution in [3.05, 3.63) is 35.4 Å². The van der Waals surface area contributed by atoms with Gasteiger partial charge in [0.2, 0.25) is 0 Å². The monoisotopic (exact) mass is 308 g/mol. The number of carbonyl (C=O) groups excluding carboxylic acids is 1. The molecule has 0 amide bonds. The Balaban J connectivity index is 1.61. The number of benzene rings is 1. The van der Waals surface area contributed by atoms with Crippen molar-refractivity contribution in [1.82, 2.24) is 0 Å². The van der Waals surface area contributed by atoms with E-state index in [2.05, 4.69) is 41.4 Å². The van der Waals surface area contributed by atoms with Crippen LogP contribution in [0.5, 0.6) is 0 Å². The first-order chi connectivity index (χ1) is 11.2. The van der Waals surface area contributed by atoms with Crippen molar-refractivity contribution in [2.24, 2.45) is 33.9 Å². The first kappa shape index (κ1) is 14.8. The number of rotatable bonds is 4. The first-order valence-electron chi connectivity index (χ1n) is 8.90. The molecule has 120 valence electrons. The van der Waals surface area contributed by atoms with Gasteiger partial charge in [-0.25, -0.2) is 0 Å². The van der Waals surface area contributed by atoms with Crippen molar-refractivity contribution in [3.8, 4) is 0 Å². The van der Waals surface area contributed by atoms with E-state index in [1.54, 1.807) is 0 Å². The third-order valence-electron chi connectivity index (χ3n) is 6.08. The van der Waals surface area contributed by atoms with E-state index in [0.29, 0.717) is 30.5 Å². The fourth-order valence-corrected chi connectivity index (χ4v) is 4.95. The molecule has 1 aliphatic heterocycles. The van der Waals surface area contributed by atoms with Crippen LogP contribution in [0.4, 0.5) is 0 Å². The van der Waals surface area contributed by atoms with Gasteiger partial charge < -0.3 is 0 Å². The normalized spacial score (nSPS) is 31.6. The van der Waals surface area contributed by atoms with Gasteiger partial charge in [-0.1, -0.05) is 31.2 Å². The summed E-state index contributed by atoms with van der Waals surface area (Å²) < 4.78 is 0. The summed E-state index contributed by atoms with van der Waals surface area (Å²) >= 11 is 0. The molecular weight excluding hydrogens is 284 g/mol. The van der Waals surface area contributed by atoms with Crippen LogP contribution in [-0.2, 0) is 11.2 Å². The number of hydrogen-bond acceptors (Lipinski definition) is 3. The van der Waals surface area contributed by atoms with Gasteiger partial charge in [0.25, 0.3) is 0 Å². The standard InChI is InChI=1S/C20H24N2O/c1-3-17(23)10-13-4-6-14(7-5-13)20-19-16-9-8-15(11-16)18(19)12(2)21-22-20/h4-7,15-16,18-19H,3,8-11H2,1-2H3. The minimum Gasteiger partial charge on any atom is -0.299 e. The summed E-state index contributed by atoms with van der Waals surface area (Å²) in [7, 11) is 0. The molecule has 0 saturated heterocycles. The summed E-state index contributed by atoms with van der Waals surface area (Å²) in [6, 6.07) is 8.43. The zero-order valence-electron chi connectivity index (χ0n) is 14.0. The van der Waals surface area contributed by atoms with Crippen LogP contribution in [0.2, 0.25) is 0 Å². The van der Waals surface area contributed by atoms with Crippen LogP contribution in [0, 0.1) is 23.7 Å². The molecule has 4 rings (SSSR count). The van der Waals surface area contributed by atoms with Gasteiger partial charge in [-0.2, -0.15) is 10.2 Å². The van der Waals surface area contributed by atoms with Crippen molar-refractivity contribution in [3.63, 3.8) is 0 Å². The second-order valence-electron chi connectivity index (χ2n) is 7.38. The summed E-state index contributed by atoms with van der Waals surface area (Å²) in [5, 5.41) is 9.07. The molecule has 0 aromatic heterocycles. The van der Waals surface area contributed by atoms with E-state index in [9.17, 15) is 4.79 Å². The lowest BCUT2D eigenvalue weighted by atomic mass is 9.72. The number of carbonyl (C=O) groups is 1. The van der Waals surface area contributed by atoms with Crippen molar-refractivity contribution in [2.45, 2.75) is 46.0 Å². The SMILES string of the molecule is CCC(=O)Cc1ccc(C2=NN=C(C)C3C4CCC(C4)C23)cc1. The smallest absolute Gasteiger partial charge is 0.136 e. The van der Waals surface area contributed by atoms with Gasteiger partial charge in [-0.15, -0.1) is 0 Å². The lowest BCUT2D eigenvalue weighted by Gasteiger charge is -2.34. The molecule has 4 unspecified atom stereocenters. The van der Waals surface area contributed by atoms with Crippen LogP contribution in [0.3, 0.4) is 0 Å². The maximum atomic E-state index is 11.6. The second kappa shape index (κ2) is 5.70. The maximum absolute atomic E-state index is 11.6. The lowest BCUT2D eigenvalue weighted by molar-refractivity contribution is -0.118. The molecule has 0 spiro atoms. The van der Waals surface area contributed by atoms with Gasteiger partial charge in [-0.05, 0) is 49.1 Å². The number of hydrogen-bond donors (Lipinski definition) is 0. The summed E-state index contributed by atoms with van der Waals surface area (Å²) in [5.41, 5.74) is 4.70. The Morgan fingerprint density at radius 3 is 2.48 bits per heavy atom. The average molecular weight is 308 g/mol. The number of fused-ring (bicyclic) bond motifs is 5. The largest absolute Gasteiger partial charge is 0.299 e. The van der Waals surface area contributed by atoms with Gasteiger partial charge in [0.1, 0.15) is 5.78 Å². The maximum Gasteiger partial charge on any atom is 0.136 e. The molecule has 1 aromatic carbocycles. The van der Waals surface area contributed by atoms with Crippen molar-refractivity contribution in [2.75, 3.05) is 0 Å². The first-order valence-corrected chi connectivity index (χ1v) is 8.90. The minimum absolute atomic E-state index is 0.293. The molecule has 2 aliphatic carbocycles. The molecule has 0 N–H and O–H groups in total. The molecular formula is C20H24N2O. The van der Waals surface area contributed by atoms with Crippen LogP contribution in [-0.4, -0.2) is 17.2 Å². The van der Waals surface area contributed by atoms with E-state index in [1.165, 1.54) is 36.2 Å². The Labute approximate surface area is 137 Å². The van der Waals surface area contributed by atoms with Gasteiger partial charge in [-0.3, -0.25) is 4.79 Å². The highest BCUT2D eigenvalue weighted by atomic mass is 16.1. The quantitative estimate of drug-likeness (QED) is 0.827. The van der Waals surface area contributed by atoms with Crippen LogP contribution in [0.15, 0.2) is 34.5 Å². The van der Waals surface area contributed by atoms with E-state index in [-0.39, 0.29) is 0 Å². The second-order valence-corrected chi connectivity index (χ2v) is 7.38. The van der Waals surface area contributed by atoms with Crippen molar-refractivity contribution in [1.29, 1.82) is 0 Å². The summed E-state index contributed by atoms with van der Waals surface area (Å²) in [4.78, 5) is 11.6. The topological polar surface area (TPSA) is 41.8 Å². The molecule has 2 bridgehead atoms. The Bertz CT molecular complexity index is 686. The highest BCUT2D eigenvalue weighted by Crippen LogP contribution is 2.54. The Morgan fingerprint density at radius 2 is 1.78 bits per heavy atom. The highest BCUT2D eigenvalue weighted by Gasteiger charge is 2.51. The molecule has 3 heteroatoms. The Hall–Kier alpha value is -1.77. The molecule has 3 aliphatic rings. The van der Waals surface area contributed by atoms with E-state index >= 15 is 0 Å². The van der Waals surface area contributed by atoms with Crippen molar-refractivity contribution < 1.29 is 4.79 Å². The Morgan fingerprint density at radius 1 is 1.09 bits per heavy atom. The van der Waals surface area contributed by atoms with Crippen LogP contribution in [0.1, 0.15) is 50.7 Å². The third-order valence-corrected chi connectivity index (χ3v) is 6.08. The molecule has 23 heavy (non-hydrogen) atoms. The van der Waals surface area contributed by atoms with E-state index in [1.807, 2.05) is 6.92 Å². The van der Waals surface area contributed by atoms with Gasteiger partial charge in [0, 0.05) is 30.4 Å². The van der Waals surface area contributed by atoms with Gasteiger partial charge >= 0.3 is 0 Å². The molecule has 2 fully saturated rings. The van der Waals surface area contributed by atoms with Gasteiger partial charge in [0.15, 0.2) is 0 Å². The summed E-state index contributed by atoms with van der Waals surface area (Å²) in [5.74, 6) is 3.08. The molecule has 2 saturated carbocycles. The average Bonchev–Trinajstić information content (AvgIpc) is 3.18. The predicted molar refractivity (Wildman–Crippen MR) is 92.9 cm³/mol. The zero-order chi connectivity index (χ0) is 16.0. The fourth-order valence-electron chi connectivity index (χ4n) is 4.95. The van der Waals surface area contributed by atoms with Crippen molar-refractivity contribution >= 4 is 17.2 Å². The number of ketones is 1. The Kier molecular flexibility index (Phi) is 3.67. The molecule has 4 atom stereocenters. The third kappa shape index (κ3) is 2.46.